The van der Waals surface area contributed by atoms with Crippen LogP contribution in [-0.2, 0) is 9.59 Å². The summed E-state index contributed by atoms with van der Waals surface area (Å²) in [5, 5.41) is 13.3. The molecular formula is C32H31ClF3N7O3S. The second kappa shape index (κ2) is 12.8. The number of nitrogens with one attached hydrogen (secondary N) is 1. The number of nitrogens with two attached hydrogens (primary N) is 1. The van der Waals surface area contributed by atoms with Gasteiger partial charge in [0.05, 0.1) is 20.8 Å². The fourth-order valence-corrected chi connectivity index (χ4v) is 7.81. The summed E-state index contributed by atoms with van der Waals surface area (Å²) in [5.74, 6) is -2.01. The number of amides is 2. The molecule has 2 aromatic carbocycles. The Hall–Kier alpha value is -4.19. The van der Waals surface area contributed by atoms with Crippen LogP contribution in [0.15, 0.2) is 18.2 Å². The van der Waals surface area contributed by atoms with Gasteiger partial charge in [-0.1, -0.05) is 17.7 Å². The van der Waals surface area contributed by atoms with Crippen molar-refractivity contribution in [3.05, 3.63) is 40.4 Å². The van der Waals surface area contributed by atoms with E-state index in [2.05, 4.69) is 20.2 Å². The number of fused-ring (bicyclic) bond motifs is 3. The molecule has 2 aromatic heterocycles. The molecule has 0 radical (unpaired) electrons. The first-order chi connectivity index (χ1) is 22.4. The molecule has 2 aliphatic heterocycles. The maximum absolute atomic E-state index is 16.7. The maximum atomic E-state index is 16.7. The average molecular weight is 686 g/mol. The van der Waals surface area contributed by atoms with Crippen molar-refractivity contribution in [2.75, 3.05) is 44.3 Å². The zero-order valence-electron chi connectivity index (χ0n) is 25.6. The average Bonchev–Trinajstić information content (AvgIpc) is 3.68. The minimum Gasteiger partial charge on any atom is -0.461 e. The van der Waals surface area contributed by atoms with E-state index in [4.69, 9.17) is 22.1 Å². The summed E-state index contributed by atoms with van der Waals surface area (Å²) >= 11 is 7.59. The highest BCUT2D eigenvalue weighted by atomic mass is 35.5. The molecule has 0 unspecified atom stereocenters. The lowest BCUT2D eigenvalue weighted by atomic mass is 9.95. The van der Waals surface area contributed by atoms with Gasteiger partial charge in [-0.3, -0.25) is 19.4 Å². The molecule has 15 heteroatoms. The van der Waals surface area contributed by atoms with Crippen LogP contribution < -0.4 is 15.8 Å². The van der Waals surface area contributed by atoms with E-state index in [-0.39, 0.29) is 90.9 Å². The van der Waals surface area contributed by atoms with Gasteiger partial charge in [0.2, 0.25) is 11.8 Å². The third-order valence-corrected chi connectivity index (χ3v) is 10.3. The summed E-state index contributed by atoms with van der Waals surface area (Å²) in [4.78, 5) is 35.9. The predicted molar refractivity (Wildman–Crippen MR) is 174 cm³/mol. The molecule has 2 fully saturated rings. The number of aromatic nitrogens is 2. The van der Waals surface area contributed by atoms with E-state index < -0.39 is 23.3 Å². The normalized spacial score (nSPS) is 19.2. The van der Waals surface area contributed by atoms with E-state index in [1.165, 1.54) is 26.1 Å². The Labute approximate surface area is 277 Å². The Balaban J connectivity index is 1.41. The van der Waals surface area contributed by atoms with E-state index in [1.54, 1.807) is 0 Å². The number of ether oxygens (including phenoxy) is 1. The van der Waals surface area contributed by atoms with E-state index in [9.17, 15) is 23.6 Å². The van der Waals surface area contributed by atoms with Crippen LogP contribution in [0.3, 0.4) is 0 Å². The number of carbonyl (C=O) groups is 2. The molecule has 0 spiro atoms. The van der Waals surface area contributed by atoms with Crippen molar-refractivity contribution in [2.24, 2.45) is 0 Å². The van der Waals surface area contributed by atoms with Crippen LogP contribution in [0.1, 0.15) is 44.6 Å². The molecule has 4 heterocycles. The molecule has 47 heavy (non-hydrogen) atoms. The summed E-state index contributed by atoms with van der Waals surface area (Å²) in [5.41, 5.74) is 5.42. The molecule has 246 valence electrons. The lowest BCUT2D eigenvalue weighted by Crippen LogP contribution is -2.43. The molecule has 4 aromatic rings. The van der Waals surface area contributed by atoms with Gasteiger partial charge in [-0.25, -0.2) is 13.2 Å². The lowest BCUT2D eigenvalue weighted by Gasteiger charge is -2.30. The van der Waals surface area contributed by atoms with Gasteiger partial charge in [-0.05, 0) is 43.5 Å². The Morgan fingerprint density at radius 1 is 1.34 bits per heavy atom. The number of hydrogen-bond donors (Lipinski definition) is 2. The molecule has 3 N–H and O–H groups in total. The van der Waals surface area contributed by atoms with Gasteiger partial charge >= 0.3 is 6.01 Å². The first-order valence-electron chi connectivity index (χ1n) is 15.1. The molecule has 10 nitrogen and oxygen atoms in total. The van der Waals surface area contributed by atoms with Crippen molar-refractivity contribution >= 4 is 66.6 Å². The van der Waals surface area contributed by atoms with Gasteiger partial charge in [0, 0.05) is 56.2 Å². The SMILES string of the molecule is CC(=O)N(C)C(=O)CCCNc1nc(OC[C@@]23CCCN2C[C@H](F)C3)nc2c(F)c(-c3ccc(F)c4sc(N)c(C#N)c34)c(Cl)cc12. The fourth-order valence-electron chi connectivity index (χ4n) is 6.57. The van der Waals surface area contributed by atoms with Crippen LogP contribution in [0.2, 0.25) is 5.02 Å². The van der Waals surface area contributed by atoms with Gasteiger partial charge in [-0.15, -0.1) is 11.3 Å². The van der Waals surface area contributed by atoms with Gasteiger partial charge < -0.3 is 15.8 Å². The Morgan fingerprint density at radius 2 is 2.13 bits per heavy atom. The summed E-state index contributed by atoms with van der Waals surface area (Å²) in [6.45, 7) is 2.71. The number of carbonyl (C=O) groups excluding carboxylic acids is 2. The molecule has 2 aliphatic rings. The van der Waals surface area contributed by atoms with E-state index in [0.717, 1.165) is 41.7 Å². The lowest BCUT2D eigenvalue weighted by molar-refractivity contribution is -0.141. The van der Waals surface area contributed by atoms with Crippen molar-refractivity contribution in [3.63, 3.8) is 0 Å². The van der Waals surface area contributed by atoms with Gasteiger partial charge in [0.1, 0.15) is 41.0 Å². The monoisotopic (exact) mass is 685 g/mol. The Kier molecular flexibility index (Phi) is 8.90. The van der Waals surface area contributed by atoms with Gasteiger partial charge in [0.15, 0.2) is 5.82 Å². The first kappa shape index (κ1) is 32.7. The van der Waals surface area contributed by atoms with Crippen LogP contribution in [0.4, 0.5) is 24.0 Å². The molecule has 2 atom stereocenters. The van der Waals surface area contributed by atoms with Crippen molar-refractivity contribution in [2.45, 2.75) is 50.7 Å². The smallest absolute Gasteiger partial charge is 0.319 e. The molecule has 2 saturated heterocycles. The van der Waals surface area contributed by atoms with Crippen molar-refractivity contribution in [1.82, 2.24) is 19.8 Å². The van der Waals surface area contributed by atoms with Crippen molar-refractivity contribution < 1.29 is 27.5 Å². The van der Waals surface area contributed by atoms with E-state index in [1.807, 2.05) is 6.07 Å². The highest BCUT2D eigenvalue weighted by Gasteiger charge is 2.49. The van der Waals surface area contributed by atoms with Crippen LogP contribution >= 0.6 is 22.9 Å². The second-order valence-electron chi connectivity index (χ2n) is 11.9. The van der Waals surface area contributed by atoms with Crippen LogP contribution in [0.5, 0.6) is 6.01 Å². The number of alkyl halides is 1. The van der Waals surface area contributed by atoms with Crippen LogP contribution in [0.25, 0.3) is 32.1 Å². The number of nitriles is 1. The van der Waals surface area contributed by atoms with Crippen molar-refractivity contribution in [1.29, 1.82) is 5.26 Å². The standard InChI is InChI=1S/C32H31ClF3N7O3S/c1-16(44)42(2)23(45)5-3-9-39-30-19-11-21(33)25(18-6-7-22(35)28-24(18)20(13-37)29(38)47-28)26(36)27(19)40-31(41-30)46-15-32-8-4-10-43(32)14-17(34)12-32/h6-7,11,17H,3-5,8-10,12,14-15,38H2,1-2H3,(H,39,40,41)/t17-,32+/m1/s1. The number of rotatable bonds is 9. The summed E-state index contributed by atoms with van der Waals surface area (Å²) < 4.78 is 52.1. The molecule has 6 rings (SSSR count). The van der Waals surface area contributed by atoms with E-state index in [0.29, 0.717) is 19.4 Å². The second-order valence-corrected chi connectivity index (χ2v) is 13.4. The minimum atomic E-state index is -0.974. The molecule has 2 amide bonds. The summed E-state index contributed by atoms with van der Waals surface area (Å²) in [6.07, 6.45) is 1.38. The number of halogens is 4. The topological polar surface area (TPSA) is 137 Å². The Bertz CT molecular complexity index is 1970. The number of hydrogen-bond acceptors (Lipinski definition) is 10. The zero-order valence-corrected chi connectivity index (χ0v) is 27.2. The largest absolute Gasteiger partial charge is 0.461 e. The van der Waals surface area contributed by atoms with Crippen LogP contribution in [-0.4, -0.2) is 76.6 Å². The number of imide groups is 1. The summed E-state index contributed by atoms with van der Waals surface area (Å²) in [7, 11) is 1.40. The number of thiophene rings is 1. The number of nitrogen functional groups attached to an aromatic ring is 1. The predicted octanol–water partition coefficient (Wildman–Crippen LogP) is 6.05. The Morgan fingerprint density at radius 3 is 2.87 bits per heavy atom. The van der Waals surface area contributed by atoms with Gasteiger partial charge in [0.25, 0.3) is 0 Å². The molecule has 0 aliphatic carbocycles. The minimum absolute atomic E-state index is 0.0113. The summed E-state index contributed by atoms with van der Waals surface area (Å²) in [6, 6.07) is 5.81. The first-order valence-corrected chi connectivity index (χ1v) is 16.3. The molecular weight excluding hydrogens is 655 g/mol. The maximum Gasteiger partial charge on any atom is 0.319 e. The number of anilines is 2. The fraction of sp³-hybridized carbons (Fsp3) is 0.406. The number of nitrogens with zero attached hydrogens (tertiary/aromatic N) is 5. The number of benzene rings is 2. The highest BCUT2D eigenvalue weighted by molar-refractivity contribution is 7.23. The quantitative estimate of drug-likeness (QED) is 0.202. The van der Waals surface area contributed by atoms with Crippen LogP contribution in [0, 0.1) is 23.0 Å². The zero-order chi connectivity index (χ0) is 33.6. The molecule has 0 bridgehead atoms. The van der Waals surface area contributed by atoms with E-state index >= 15 is 4.39 Å². The molecule has 0 saturated carbocycles. The third kappa shape index (κ3) is 5.92. The highest BCUT2D eigenvalue weighted by Crippen LogP contribution is 2.46. The third-order valence-electron chi connectivity index (χ3n) is 9.00. The van der Waals surface area contributed by atoms with Crippen molar-refractivity contribution in [3.8, 4) is 23.2 Å². The van der Waals surface area contributed by atoms with Gasteiger partial charge in [-0.2, -0.15) is 15.2 Å².